The smallest absolute Gasteiger partial charge is 0.237 e. The van der Waals surface area contributed by atoms with Gasteiger partial charge in [-0.1, -0.05) is 12.1 Å². The third kappa shape index (κ3) is 3.36. The minimum absolute atomic E-state index is 0.146. The van der Waals surface area contributed by atoms with Crippen LogP contribution in [0, 0.1) is 11.6 Å². The van der Waals surface area contributed by atoms with Crippen LogP contribution in [-0.4, -0.2) is 24.8 Å². The van der Waals surface area contributed by atoms with Gasteiger partial charge in [-0.2, -0.15) is 4.52 Å². The molecule has 0 aliphatic heterocycles. The number of fused-ring (bicyclic) bond motifs is 2. The lowest BCUT2D eigenvalue weighted by molar-refractivity contribution is 0.439. The number of nitrogens with zero attached hydrogens (tertiary/aromatic N) is 5. The molecule has 0 aliphatic carbocycles. The Kier molecular flexibility index (Phi) is 4.09. The third-order valence-corrected chi connectivity index (χ3v) is 4.45. The van der Waals surface area contributed by atoms with Crippen molar-refractivity contribution in [3.63, 3.8) is 0 Å². The van der Waals surface area contributed by atoms with E-state index < -0.39 is 11.6 Å². The summed E-state index contributed by atoms with van der Waals surface area (Å²) >= 11 is 0. The molecule has 0 N–H and O–H groups in total. The fraction of sp³-hybridized carbons (Fsp3) is 0.0476. The molecule has 8 heteroatoms. The van der Waals surface area contributed by atoms with Gasteiger partial charge in [0.15, 0.2) is 23.1 Å². The molecule has 0 amide bonds. The summed E-state index contributed by atoms with van der Waals surface area (Å²) in [5.41, 5.74) is 2.51. The first-order valence-electron chi connectivity index (χ1n) is 8.84. The first-order valence-corrected chi connectivity index (χ1v) is 8.84. The summed E-state index contributed by atoms with van der Waals surface area (Å²) < 4.78 is 33.6. The van der Waals surface area contributed by atoms with Crippen molar-refractivity contribution in [3.05, 3.63) is 89.9 Å². The molecule has 3 aromatic heterocycles. The van der Waals surface area contributed by atoms with E-state index in [1.165, 1.54) is 6.07 Å². The van der Waals surface area contributed by atoms with Gasteiger partial charge in [0.1, 0.15) is 5.75 Å². The number of rotatable bonds is 4. The molecular weight excluding hydrogens is 376 g/mol. The van der Waals surface area contributed by atoms with E-state index in [2.05, 4.69) is 20.3 Å². The summed E-state index contributed by atoms with van der Waals surface area (Å²) in [4.78, 5) is 4.32. The summed E-state index contributed by atoms with van der Waals surface area (Å²) in [6.07, 6.45) is 2.26. The van der Waals surface area contributed by atoms with Gasteiger partial charge >= 0.3 is 0 Å². The molecule has 142 valence electrons. The van der Waals surface area contributed by atoms with Gasteiger partial charge in [0.25, 0.3) is 0 Å². The van der Waals surface area contributed by atoms with E-state index in [0.717, 1.165) is 28.6 Å². The number of halogens is 2. The SMILES string of the molecule is Fc1ccc(Oc2ccc3nnc(Cc4ccc5ncccc5c4)n3n2)cc1F. The van der Waals surface area contributed by atoms with E-state index in [1.54, 1.807) is 22.8 Å². The zero-order valence-corrected chi connectivity index (χ0v) is 15.0. The highest BCUT2D eigenvalue weighted by atomic mass is 19.2. The molecule has 0 fully saturated rings. The Morgan fingerprint density at radius 2 is 1.83 bits per heavy atom. The van der Waals surface area contributed by atoms with Gasteiger partial charge in [0.2, 0.25) is 5.88 Å². The number of hydrogen-bond acceptors (Lipinski definition) is 5. The summed E-state index contributed by atoms with van der Waals surface area (Å²) in [6, 6.07) is 16.5. The first-order chi connectivity index (χ1) is 14.2. The quantitative estimate of drug-likeness (QED) is 0.458. The molecule has 6 nitrogen and oxygen atoms in total. The fourth-order valence-electron chi connectivity index (χ4n) is 3.06. The van der Waals surface area contributed by atoms with Gasteiger partial charge in [-0.15, -0.1) is 15.3 Å². The van der Waals surface area contributed by atoms with E-state index >= 15 is 0 Å². The monoisotopic (exact) mass is 389 g/mol. The van der Waals surface area contributed by atoms with Crippen molar-refractivity contribution in [2.24, 2.45) is 0 Å². The summed E-state index contributed by atoms with van der Waals surface area (Å²) in [6.45, 7) is 0. The van der Waals surface area contributed by atoms with E-state index in [1.807, 2.05) is 30.3 Å². The molecule has 5 aromatic rings. The normalized spacial score (nSPS) is 11.2. The van der Waals surface area contributed by atoms with Crippen molar-refractivity contribution in [3.8, 4) is 11.6 Å². The number of hydrogen-bond donors (Lipinski definition) is 0. The molecular formula is C21H13F2N5O. The second kappa shape index (κ2) is 6.90. The van der Waals surface area contributed by atoms with E-state index in [0.29, 0.717) is 17.9 Å². The number of benzene rings is 2. The van der Waals surface area contributed by atoms with Crippen LogP contribution < -0.4 is 4.74 Å². The Morgan fingerprint density at radius 1 is 0.897 bits per heavy atom. The van der Waals surface area contributed by atoms with Crippen LogP contribution in [-0.2, 0) is 6.42 Å². The van der Waals surface area contributed by atoms with Gasteiger partial charge in [-0.25, -0.2) is 8.78 Å². The highest BCUT2D eigenvalue weighted by molar-refractivity contribution is 5.78. The zero-order chi connectivity index (χ0) is 19.8. The lowest BCUT2D eigenvalue weighted by Gasteiger charge is -2.06. The average Bonchev–Trinajstić information content (AvgIpc) is 3.13. The van der Waals surface area contributed by atoms with E-state index in [4.69, 9.17) is 4.74 Å². The van der Waals surface area contributed by atoms with Crippen LogP contribution in [0.3, 0.4) is 0 Å². The largest absolute Gasteiger partial charge is 0.437 e. The van der Waals surface area contributed by atoms with Crippen molar-refractivity contribution >= 4 is 16.6 Å². The van der Waals surface area contributed by atoms with Crippen molar-refractivity contribution in [2.75, 3.05) is 0 Å². The minimum atomic E-state index is -0.987. The Balaban J connectivity index is 1.46. The van der Waals surface area contributed by atoms with Crippen LogP contribution in [0.15, 0.2) is 66.9 Å². The summed E-state index contributed by atoms with van der Waals surface area (Å²) in [5.74, 6) is -0.939. The highest BCUT2D eigenvalue weighted by Gasteiger charge is 2.11. The zero-order valence-electron chi connectivity index (χ0n) is 15.0. The van der Waals surface area contributed by atoms with Crippen molar-refractivity contribution < 1.29 is 13.5 Å². The Labute approximate surface area is 163 Å². The van der Waals surface area contributed by atoms with Crippen molar-refractivity contribution in [2.45, 2.75) is 6.42 Å². The Hall–Kier alpha value is -3.94. The molecule has 0 aliphatic rings. The van der Waals surface area contributed by atoms with Gasteiger partial charge < -0.3 is 4.74 Å². The second-order valence-electron chi connectivity index (χ2n) is 6.44. The van der Waals surface area contributed by atoms with Crippen LogP contribution >= 0.6 is 0 Å². The lowest BCUT2D eigenvalue weighted by Crippen LogP contribution is -2.02. The molecule has 0 saturated carbocycles. The van der Waals surface area contributed by atoms with Gasteiger partial charge in [-0.05, 0) is 42.0 Å². The molecule has 0 spiro atoms. The average molecular weight is 389 g/mol. The predicted octanol–water partition coefficient (Wildman–Crippen LogP) is 4.33. The summed E-state index contributed by atoms with van der Waals surface area (Å²) in [5, 5.41) is 13.8. The maximum Gasteiger partial charge on any atom is 0.237 e. The van der Waals surface area contributed by atoms with Crippen molar-refractivity contribution in [1.82, 2.24) is 24.8 Å². The molecule has 3 heterocycles. The minimum Gasteiger partial charge on any atom is -0.437 e. The molecule has 2 aromatic carbocycles. The maximum absolute atomic E-state index is 13.4. The van der Waals surface area contributed by atoms with Crippen LogP contribution in [0.5, 0.6) is 11.6 Å². The lowest BCUT2D eigenvalue weighted by atomic mass is 10.1. The van der Waals surface area contributed by atoms with Crippen LogP contribution in [0.2, 0.25) is 0 Å². The molecule has 0 atom stereocenters. The maximum atomic E-state index is 13.4. The molecule has 0 bridgehead atoms. The number of ether oxygens (including phenoxy) is 1. The predicted molar refractivity (Wildman–Crippen MR) is 102 cm³/mol. The Morgan fingerprint density at radius 3 is 2.72 bits per heavy atom. The fourth-order valence-corrected chi connectivity index (χ4v) is 3.06. The Bertz CT molecular complexity index is 1350. The first kappa shape index (κ1) is 17.2. The molecule has 0 radical (unpaired) electrons. The molecule has 5 rings (SSSR count). The second-order valence-corrected chi connectivity index (χ2v) is 6.44. The summed E-state index contributed by atoms with van der Waals surface area (Å²) in [7, 11) is 0. The van der Waals surface area contributed by atoms with Crippen LogP contribution in [0.25, 0.3) is 16.6 Å². The number of pyridine rings is 1. The van der Waals surface area contributed by atoms with Gasteiger partial charge in [0.05, 0.1) is 5.52 Å². The molecule has 29 heavy (non-hydrogen) atoms. The van der Waals surface area contributed by atoms with E-state index in [9.17, 15) is 8.78 Å². The topological polar surface area (TPSA) is 65.2 Å². The molecule has 0 saturated heterocycles. The molecule has 0 unspecified atom stereocenters. The highest BCUT2D eigenvalue weighted by Crippen LogP contribution is 2.22. The standard InChI is InChI=1S/C21H13F2N5O/c22-16-5-4-15(12-17(16)23)29-21-8-7-19-25-26-20(28(19)27-21)11-13-3-6-18-14(10-13)2-1-9-24-18/h1-10,12H,11H2. The van der Waals surface area contributed by atoms with Crippen LogP contribution in [0.1, 0.15) is 11.4 Å². The van der Waals surface area contributed by atoms with E-state index in [-0.39, 0.29) is 11.6 Å². The van der Waals surface area contributed by atoms with Crippen LogP contribution in [0.4, 0.5) is 8.78 Å². The van der Waals surface area contributed by atoms with Gasteiger partial charge in [0, 0.05) is 30.1 Å². The third-order valence-electron chi connectivity index (χ3n) is 4.45. The van der Waals surface area contributed by atoms with Gasteiger partial charge in [-0.3, -0.25) is 4.98 Å². The van der Waals surface area contributed by atoms with Crippen molar-refractivity contribution in [1.29, 1.82) is 0 Å². The number of aromatic nitrogens is 5.